The van der Waals surface area contributed by atoms with E-state index in [1.807, 2.05) is 0 Å². The molecular weight excluding hydrogens is 286 g/mol. The molecule has 2 aromatic rings. The van der Waals surface area contributed by atoms with E-state index in [2.05, 4.69) is 15.1 Å². The quantitative estimate of drug-likeness (QED) is 0.345. The fraction of sp³-hybridized carbons (Fsp3) is 0.444. The van der Waals surface area contributed by atoms with Gasteiger partial charge in [0.15, 0.2) is 0 Å². The van der Waals surface area contributed by atoms with E-state index in [0.717, 1.165) is 0 Å². The SMILES string of the molecule is Cc1ncc([NH+]([O-])O)n1CC(O)Cn1cnc([NH+]([O-])O)n1. The van der Waals surface area contributed by atoms with Crippen LogP contribution in [0.25, 0.3) is 0 Å². The highest BCUT2D eigenvalue weighted by molar-refractivity contribution is 5.18. The summed E-state index contributed by atoms with van der Waals surface area (Å²) in [5, 5.41) is 50.6. The minimum atomic E-state index is -1.26. The molecule has 116 valence electrons. The first-order valence-electron chi connectivity index (χ1n) is 5.94. The Bertz CT molecular complexity index is 595. The molecule has 2 aromatic heterocycles. The number of aliphatic hydroxyl groups is 1. The maximum absolute atomic E-state index is 11.0. The highest BCUT2D eigenvalue weighted by Crippen LogP contribution is 2.08. The molecule has 3 atom stereocenters. The van der Waals surface area contributed by atoms with Crippen molar-refractivity contribution in [2.75, 3.05) is 0 Å². The Morgan fingerprint density at radius 1 is 1.24 bits per heavy atom. The summed E-state index contributed by atoms with van der Waals surface area (Å²) in [5.41, 5.74) is 0. The van der Waals surface area contributed by atoms with Gasteiger partial charge in [-0.3, -0.25) is 4.57 Å². The predicted molar refractivity (Wildman–Crippen MR) is 64.5 cm³/mol. The van der Waals surface area contributed by atoms with Gasteiger partial charge in [0, 0.05) is 0 Å². The molecule has 21 heavy (non-hydrogen) atoms. The standard InChI is InChI=1S/C9H15N7O5/c1-6-10-2-8(15(18)19)14(6)4-7(17)3-13-5-11-9(12-13)16(20)21/h2,5,7,15-18,20H,3-4H2,1H3. The first kappa shape index (κ1) is 15.5. The van der Waals surface area contributed by atoms with E-state index < -0.39 is 16.6 Å². The van der Waals surface area contributed by atoms with Gasteiger partial charge in [-0.2, -0.15) is 15.4 Å². The Labute approximate surface area is 118 Å². The lowest BCUT2D eigenvalue weighted by molar-refractivity contribution is -0.995. The number of nitrogens with zero attached hydrogens (tertiary/aromatic N) is 5. The first-order chi connectivity index (χ1) is 9.88. The second kappa shape index (κ2) is 6.23. The molecule has 0 radical (unpaired) electrons. The van der Waals surface area contributed by atoms with Crippen LogP contribution in [0.5, 0.6) is 0 Å². The second-order valence-electron chi connectivity index (χ2n) is 4.36. The summed E-state index contributed by atoms with van der Waals surface area (Å²) in [6.07, 6.45) is 1.42. The number of aryl methyl sites for hydroxylation is 1. The lowest BCUT2D eigenvalue weighted by Gasteiger charge is -2.17. The summed E-state index contributed by atoms with van der Waals surface area (Å²) in [5.74, 6) is 0.0554. The Balaban J connectivity index is 2.04. The summed E-state index contributed by atoms with van der Waals surface area (Å²) >= 11 is 0. The molecular formula is C9H15N7O5. The molecule has 5 N–H and O–H groups in total. The zero-order chi connectivity index (χ0) is 15.6. The monoisotopic (exact) mass is 301 g/mol. The van der Waals surface area contributed by atoms with Crippen molar-refractivity contribution in [1.29, 1.82) is 0 Å². The van der Waals surface area contributed by atoms with Crippen LogP contribution in [0, 0.1) is 17.3 Å². The number of rotatable bonds is 6. The molecule has 0 aromatic carbocycles. The van der Waals surface area contributed by atoms with Crippen molar-refractivity contribution in [3.8, 4) is 0 Å². The predicted octanol–water partition coefficient (Wildman–Crippen LogP) is -3.35. The number of aliphatic hydroxyl groups excluding tert-OH is 1. The van der Waals surface area contributed by atoms with E-state index in [-0.39, 0.29) is 24.9 Å². The van der Waals surface area contributed by atoms with E-state index in [1.54, 1.807) is 6.92 Å². The van der Waals surface area contributed by atoms with E-state index in [9.17, 15) is 15.5 Å². The number of quaternary nitrogens is 2. The molecule has 0 saturated carbocycles. The molecule has 0 amide bonds. The number of nitrogens with one attached hydrogen (secondary N) is 2. The van der Waals surface area contributed by atoms with Crippen molar-refractivity contribution in [3.63, 3.8) is 0 Å². The van der Waals surface area contributed by atoms with Crippen LogP contribution in [0.2, 0.25) is 0 Å². The molecule has 0 aliphatic heterocycles. The molecule has 2 heterocycles. The third-order valence-corrected chi connectivity index (χ3v) is 2.79. The van der Waals surface area contributed by atoms with Gasteiger partial charge in [-0.15, -0.1) is 0 Å². The van der Waals surface area contributed by atoms with Crippen LogP contribution in [0.4, 0.5) is 11.8 Å². The Morgan fingerprint density at radius 3 is 2.52 bits per heavy atom. The molecule has 0 saturated heterocycles. The Kier molecular flexibility index (Phi) is 4.59. The molecule has 0 bridgehead atoms. The molecule has 12 heteroatoms. The largest absolute Gasteiger partial charge is 0.594 e. The normalized spacial score (nSPS) is 15.9. The highest BCUT2D eigenvalue weighted by atomic mass is 16.8. The van der Waals surface area contributed by atoms with Crippen LogP contribution < -0.4 is 10.5 Å². The number of hydrogen-bond acceptors (Lipinski definition) is 8. The number of hydrogen-bond donors (Lipinski definition) is 5. The number of imidazole rings is 1. The van der Waals surface area contributed by atoms with Crippen molar-refractivity contribution >= 4 is 11.8 Å². The molecule has 3 unspecified atom stereocenters. The van der Waals surface area contributed by atoms with E-state index in [4.69, 9.17) is 10.4 Å². The molecule has 0 fully saturated rings. The maximum atomic E-state index is 11.0. The van der Waals surface area contributed by atoms with Crippen LogP contribution in [0.1, 0.15) is 5.82 Å². The average Bonchev–Trinajstić information content (AvgIpc) is 2.98. The van der Waals surface area contributed by atoms with Gasteiger partial charge in [-0.25, -0.2) is 20.1 Å². The third kappa shape index (κ3) is 3.59. The van der Waals surface area contributed by atoms with Gasteiger partial charge in [-0.05, 0) is 6.92 Å². The molecule has 0 spiro atoms. The fourth-order valence-electron chi connectivity index (χ4n) is 1.83. The summed E-state index contributed by atoms with van der Waals surface area (Å²) in [6.45, 7) is 1.60. The lowest BCUT2D eigenvalue weighted by atomic mass is 10.3. The average molecular weight is 301 g/mol. The van der Waals surface area contributed by atoms with E-state index in [1.165, 1.54) is 21.8 Å². The Morgan fingerprint density at radius 2 is 1.95 bits per heavy atom. The third-order valence-electron chi connectivity index (χ3n) is 2.79. The summed E-state index contributed by atoms with van der Waals surface area (Å²) in [7, 11) is 0. The zero-order valence-corrected chi connectivity index (χ0v) is 11.0. The molecule has 0 aliphatic carbocycles. The highest BCUT2D eigenvalue weighted by Gasteiger charge is 2.17. The maximum Gasteiger partial charge on any atom is 0.379 e. The van der Waals surface area contributed by atoms with Gasteiger partial charge in [0.2, 0.25) is 0 Å². The summed E-state index contributed by atoms with van der Waals surface area (Å²) in [6, 6.07) is 0. The molecule has 2 rings (SSSR count). The number of aromatic nitrogens is 5. The van der Waals surface area contributed by atoms with Gasteiger partial charge in [0.05, 0.1) is 19.2 Å². The minimum absolute atomic E-state index is 0.00423. The van der Waals surface area contributed by atoms with Gasteiger partial charge in [0.25, 0.3) is 5.82 Å². The lowest BCUT2D eigenvalue weighted by Crippen LogP contribution is -2.99. The van der Waals surface area contributed by atoms with Crippen LogP contribution in [-0.4, -0.2) is 45.9 Å². The van der Waals surface area contributed by atoms with Crippen molar-refractivity contribution in [2.45, 2.75) is 26.1 Å². The van der Waals surface area contributed by atoms with Gasteiger partial charge in [0.1, 0.15) is 18.3 Å². The van der Waals surface area contributed by atoms with Crippen molar-refractivity contribution in [2.24, 2.45) is 0 Å². The second-order valence-corrected chi connectivity index (χ2v) is 4.36. The molecule has 0 aliphatic rings. The molecule has 12 nitrogen and oxygen atoms in total. The van der Waals surface area contributed by atoms with E-state index in [0.29, 0.717) is 5.82 Å². The van der Waals surface area contributed by atoms with Crippen molar-refractivity contribution < 1.29 is 26.0 Å². The summed E-state index contributed by atoms with van der Waals surface area (Å²) in [4.78, 5) is 7.44. The van der Waals surface area contributed by atoms with Crippen molar-refractivity contribution in [3.05, 3.63) is 28.8 Å². The van der Waals surface area contributed by atoms with Gasteiger partial charge < -0.3 is 15.5 Å². The minimum Gasteiger partial charge on any atom is -0.594 e. The van der Waals surface area contributed by atoms with Crippen LogP contribution in [0.15, 0.2) is 12.5 Å². The van der Waals surface area contributed by atoms with Gasteiger partial charge >= 0.3 is 5.95 Å². The van der Waals surface area contributed by atoms with Gasteiger partial charge in [-0.1, -0.05) is 5.10 Å². The summed E-state index contributed by atoms with van der Waals surface area (Å²) < 4.78 is 2.54. The van der Waals surface area contributed by atoms with Crippen LogP contribution >= 0.6 is 0 Å². The first-order valence-corrected chi connectivity index (χ1v) is 5.94. The van der Waals surface area contributed by atoms with Crippen LogP contribution in [0.3, 0.4) is 0 Å². The zero-order valence-electron chi connectivity index (χ0n) is 11.0. The van der Waals surface area contributed by atoms with Crippen molar-refractivity contribution in [1.82, 2.24) is 24.3 Å². The van der Waals surface area contributed by atoms with E-state index >= 15 is 0 Å². The topological polar surface area (TPSA) is 164 Å². The Hall–Kier alpha value is -1.93. The fourth-order valence-corrected chi connectivity index (χ4v) is 1.83. The smallest absolute Gasteiger partial charge is 0.379 e. The van der Waals surface area contributed by atoms with Crippen LogP contribution in [-0.2, 0) is 13.1 Å².